The van der Waals surface area contributed by atoms with Crippen molar-refractivity contribution in [2.75, 3.05) is 40.3 Å². The van der Waals surface area contributed by atoms with E-state index in [1.165, 1.54) is 47.3 Å². The third kappa shape index (κ3) is 3.97. The van der Waals surface area contributed by atoms with Gasteiger partial charge in [-0.3, -0.25) is 4.90 Å². The second kappa shape index (κ2) is 8.15. The maximum Gasteiger partial charge on any atom is 0.0573 e. The summed E-state index contributed by atoms with van der Waals surface area (Å²) >= 11 is 1.90. The zero-order chi connectivity index (χ0) is 18.7. The molecule has 3 aromatic rings. The Kier molecular flexibility index (Phi) is 5.64. The highest BCUT2D eigenvalue weighted by molar-refractivity contribution is 7.10. The smallest absolute Gasteiger partial charge is 0.0573 e. The molecular formula is C22H30N4S. The number of aromatic amines is 1. The molecule has 27 heavy (non-hydrogen) atoms. The van der Waals surface area contributed by atoms with E-state index < -0.39 is 0 Å². The van der Waals surface area contributed by atoms with Crippen LogP contribution < -0.4 is 5.32 Å². The second-order valence-electron chi connectivity index (χ2n) is 7.82. The zero-order valence-electron chi connectivity index (χ0n) is 16.4. The number of piperidine rings is 1. The van der Waals surface area contributed by atoms with Crippen LogP contribution in [0.3, 0.4) is 0 Å². The van der Waals surface area contributed by atoms with Crippen LogP contribution in [0, 0.1) is 0 Å². The van der Waals surface area contributed by atoms with Crippen LogP contribution >= 0.6 is 11.3 Å². The van der Waals surface area contributed by atoms with Gasteiger partial charge in [0.1, 0.15) is 0 Å². The van der Waals surface area contributed by atoms with Crippen molar-refractivity contribution < 1.29 is 0 Å². The molecule has 1 aliphatic rings. The van der Waals surface area contributed by atoms with Crippen molar-refractivity contribution in [1.82, 2.24) is 20.1 Å². The molecule has 2 aromatic heterocycles. The predicted molar refractivity (Wildman–Crippen MR) is 115 cm³/mol. The molecule has 0 saturated carbocycles. The van der Waals surface area contributed by atoms with E-state index in [1.54, 1.807) is 0 Å². The highest BCUT2D eigenvalue weighted by atomic mass is 32.1. The highest BCUT2D eigenvalue weighted by Gasteiger charge is 2.38. The minimum Gasteiger partial charge on any atom is -0.361 e. The summed E-state index contributed by atoms with van der Waals surface area (Å²) in [4.78, 5) is 9.82. The molecule has 1 saturated heterocycles. The number of hydrogen-bond donors (Lipinski definition) is 2. The van der Waals surface area contributed by atoms with Gasteiger partial charge in [-0.05, 0) is 67.5 Å². The molecule has 0 atom stereocenters. The average Bonchev–Trinajstić information content (AvgIpc) is 3.37. The Morgan fingerprint density at radius 3 is 2.78 bits per heavy atom. The Balaban J connectivity index is 1.24. The molecule has 1 aromatic carbocycles. The third-order valence-corrected chi connectivity index (χ3v) is 7.13. The molecule has 0 amide bonds. The zero-order valence-corrected chi connectivity index (χ0v) is 17.2. The van der Waals surface area contributed by atoms with Crippen LogP contribution in [-0.2, 0) is 12.1 Å². The summed E-state index contributed by atoms with van der Waals surface area (Å²) in [6.07, 6.45) is 4.43. The SMILES string of the molecule is CN(C)C1(c2cccs2)CCN(CCNCc2ccc3[nH]ccc3c2)CC1. The van der Waals surface area contributed by atoms with E-state index in [2.05, 4.69) is 76.0 Å². The first-order valence-electron chi connectivity index (χ1n) is 9.88. The van der Waals surface area contributed by atoms with Crippen molar-refractivity contribution in [2.24, 2.45) is 0 Å². The maximum absolute atomic E-state index is 3.62. The van der Waals surface area contributed by atoms with Gasteiger partial charge in [0, 0.05) is 49.3 Å². The molecule has 144 valence electrons. The van der Waals surface area contributed by atoms with E-state index in [-0.39, 0.29) is 5.54 Å². The average molecular weight is 383 g/mol. The molecule has 4 rings (SSSR count). The molecule has 2 N–H and O–H groups in total. The summed E-state index contributed by atoms with van der Waals surface area (Å²) in [5.41, 5.74) is 2.79. The van der Waals surface area contributed by atoms with Gasteiger partial charge in [-0.15, -0.1) is 11.3 Å². The molecule has 4 nitrogen and oxygen atoms in total. The molecular weight excluding hydrogens is 352 g/mol. The summed E-state index contributed by atoms with van der Waals surface area (Å²) in [7, 11) is 4.47. The topological polar surface area (TPSA) is 34.3 Å². The highest BCUT2D eigenvalue weighted by Crippen LogP contribution is 2.39. The van der Waals surface area contributed by atoms with Crippen LogP contribution in [-0.4, -0.2) is 55.1 Å². The van der Waals surface area contributed by atoms with Crippen LogP contribution in [0.2, 0.25) is 0 Å². The Hall–Kier alpha value is -1.66. The summed E-state index contributed by atoms with van der Waals surface area (Å²) in [5, 5.41) is 7.12. The number of nitrogens with one attached hydrogen (secondary N) is 2. The van der Waals surface area contributed by atoms with E-state index in [0.29, 0.717) is 0 Å². The number of rotatable bonds is 7. The third-order valence-electron chi connectivity index (χ3n) is 6.07. The fourth-order valence-electron chi connectivity index (χ4n) is 4.29. The number of thiophene rings is 1. The molecule has 0 radical (unpaired) electrons. The van der Waals surface area contributed by atoms with Crippen LogP contribution in [0.1, 0.15) is 23.3 Å². The first-order chi connectivity index (χ1) is 13.2. The van der Waals surface area contributed by atoms with Crippen molar-refractivity contribution >= 4 is 22.2 Å². The molecule has 5 heteroatoms. The van der Waals surface area contributed by atoms with Gasteiger partial charge in [-0.25, -0.2) is 0 Å². The lowest BCUT2D eigenvalue weighted by atomic mass is 9.84. The summed E-state index contributed by atoms with van der Waals surface area (Å²) in [5.74, 6) is 0. The first-order valence-corrected chi connectivity index (χ1v) is 10.8. The minimum absolute atomic E-state index is 0.226. The first kappa shape index (κ1) is 18.7. The number of benzene rings is 1. The van der Waals surface area contributed by atoms with Gasteiger partial charge < -0.3 is 15.2 Å². The van der Waals surface area contributed by atoms with Crippen molar-refractivity contribution in [3.8, 4) is 0 Å². The fraction of sp³-hybridized carbons (Fsp3) is 0.455. The fourth-order valence-corrected chi connectivity index (χ4v) is 5.35. The molecule has 1 aliphatic heterocycles. The Bertz CT molecular complexity index is 844. The molecule has 0 unspecified atom stereocenters. The lowest BCUT2D eigenvalue weighted by molar-refractivity contribution is 0.0571. The molecule has 3 heterocycles. The van der Waals surface area contributed by atoms with Gasteiger partial charge in [-0.1, -0.05) is 12.1 Å². The van der Waals surface area contributed by atoms with Crippen LogP contribution in [0.4, 0.5) is 0 Å². The van der Waals surface area contributed by atoms with Crippen molar-refractivity contribution in [1.29, 1.82) is 0 Å². The normalized spacial score (nSPS) is 17.7. The number of hydrogen-bond acceptors (Lipinski definition) is 4. The van der Waals surface area contributed by atoms with Crippen molar-refractivity contribution in [3.05, 3.63) is 58.4 Å². The van der Waals surface area contributed by atoms with E-state index in [1.807, 2.05) is 17.5 Å². The number of nitrogens with zero attached hydrogens (tertiary/aromatic N) is 2. The predicted octanol–water partition coefficient (Wildman–Crippen LogP) is 3.87. The summed E-state index contributed by atoms with van der Waals surface area (Å²) < 4.78 is 0. The number of H-pyrrole nitrogens is 1. The van der Waals surface area contributed by atoms with E-state index in [4.69, 9.17) is 0 Å². The van der Waals surface area contributed by atoms with Gasteiger partial charge in [0.15, 0.2) is 0 Å². The van der Waals surface area contributed by atoms with Crippen molar-refractivity contribution in [2.45, 2.75) is 24.9 Å². The largest absolute Gasteiger partial charge is 0.361 e. The van der Waals surface area contributed by atoms with E-state index in [0.717, 1.165) is 19.6 Å². The van der Waals surface area contributed by atoms with Gasteiger partial charge in [-0.2, -0.15) is 0 Å². The molecule has 0 spiro atoms. The van der Waals surface area contributed by atoms with Crippen LogP contribution in [0.15, 0.2) is 48.0 Å². The maximum atomic E-state index is 3.62. The van der Waals surface area contributed by atoms with Gasteiger partial charge in [0.25, 0.3) is 0 Å². The summed E-state index contributed by atoms with van der Waals surface area (Å²) in [6.45, 7) is 5.45. The Morgan fingerprint density at radius 2 is 2.04 bits per heavy atom. The number of likely N-dealkylation sites (tertiary alicyclic amines) is 1. The molecule has 1 fully saturated rings. The monoisotopic (exact) mass is 382 g/mol. The lowest BCUT2D eigenvalue weighted by Crippen LogP contribution is -2.50. The van der Waals surface area contributed by atoms with Gasteiger partial charge in [0.2, 0.25) is 0 Å². The molecule has 0 bridgehead atoms. The summed E-state index contributed by atoms with van der Waals surface area (Å²) in [6, 6.07) is 13.3. The Labute approximate surface area is 166 Å². The van der Waals surface area contributed by atoms with Crippen molar-refractivity contribution in [3.63, 3.8) is 0 Å². The number of aromatic nitrogens is 1. The minimum atomic E-state index is 0.226. The quantitative estimate of drug-likeness (QED) is 0.609. The van der Waals surface area contributed by atoms with Gasteiger partial charge in [0.05, 0.1) is 5.54 Å². The Morgan fingerprint density at radius 1 is 1.19 bits per heavy atom. The van der Waals surface area contributed by atoms with E-state index in [9.17, 15) is 0 Å². The number of fused-ring (bicyclic) bond motifs is 1. The lowest BCUT2D eigenvalue weighted by Gasteiger charge is -2.45. The molecule has 0 aliphatic carbocycles. The second-order valence-corrected chi connectivity index (χ2v) is 8.77. The van der Waals surface area contributed by atoms with Gasteiger partial charge >= 0.3 is 0 Å². The van der Waals surface area contributed by atoms with Crippen LogP contribution in [0.25, 0.3) is 10.9 Å². The standard InChI is InChI=1S/C22H30N4S/c1-25(2)22(21-4-3-15-27-21)8-12-26(13-9-22)14-11-23-17-18-5-6-20-19(16-18)7-10-24-20/h3-7,10,15-16,23-24H,8-9,11-14,17H2,1-2H3. The van der Waals surface area contributed by atoms with E-state index >= 15 is 0 Å². The van der Waals surface area contributed by atoms with Crippen LogP contribution in [0.5, 0.6) is 0 Å².